The van der Waals surface area contributed by atoms with Crippen molar-refractivity contribution in [1.29, 1.82) is 0 Å². The van der Waals surface area contributed by atoms with Gasteiger partial charge in [0.15, 0.2) is 0 Å². The van der Waals surface area contributed by atoms with Crippen molar-refractivity contribution in [3.05, 3.63) is 0 Å². The third-order valence-corrected chi connectivity index (χ3v) is 0. The van der Waals surface area contributed by atoms with Gasteiger partial charge in [-0.25, -0.2) is 0 Å². The van der Waals surface area contributed by atoms with E-state index in [4.69, 9.17) is 19.7 Å². The van der Waals surface area contributed by atoms with Gasteiger partial charge in [-0.3, -0.25) is 0 Å². The SMILES string of the molecule is O=[As](O)(O)O.[O]=[V]. The fourth-order valence-corrected chi connectivity index (χ4v) is 0. The van der Waals surface area contributed by atoms with Crippen LogP contribution in [0.1, 0.15) is 0 Å². The van der Waals surface area contributed by atoms with Gasteiger partial charge < -0.3 is 0 Å². The average molecular weight is 209 g/mol. The molecule has 0 aromatic carbocycles. The summed E-state index contributed by atoms with van der Waals surface area (Å²) in [6.07, 6.45) is 0. The average Bonchev–Trinajstić information content (AvgIpc) is 1.36. The van der Waals surface area contributed by atoms with Crippen LogP contribution >= 0.6 is 0 Å². The van der Waals surface area contributed by atoms with Crippen LogP contribution in [0.2, 0.25) is 0 Å². The van der Waals surface area contributed by atoms with Gasteiger partial charge in [0.25, 0.3) is 0 Å². The zero-order valence-electron chi connectivity index (χ0n) is 3.05. The van der Waals surface area contributed by atoms with Crippen LogP contribution < -0.4 is 0 Å². The van der Waals surface area contributed by atoms with Crippen LogP contribution in [0.3, 0.4) is 0 Å². The van der Waals surface area contributed by atoms with E-state index in [1.807, 2.05) is 0 Å². The third kappa shape index (κ3) is 365. The summed E-state index contributed by atoms with van der Waals surface area (Å²) in [5.41, 5.74) is 0. The van der Waals surface area contributed by atoms with E-state index >= 15 is 0 Å². The fourth-order valence-electron chi connectivity index (χ4n) is 0. The van der Waals surface area contributed by atoms with E-state index in [0.717, 1.165) is 17.4 Å². The minimum atomic E-state index is -5.12. The summed E-state index contributed by atoms with van der Waals surface area (Å²) in [5, 5.41) is 0. The van der Waals surface area contributed by atoms with Gasteiger partial charge in [-0.15, -0.1) is 0 Å². The summed E-state index contributed by atoms with van der Waals surface area (Å²) >= 11 is -4.06. The zero-order valence-corrected chi connectivity index (χ0v) is 6.33. The molecule has 0 atom stereocenters. The van der Waals surface area contributed by atoms with Gasteiger partial charge in [0.05, 0.1) is 0 Å². The Morgan fingerprint density at radius 1 is 1.14 bits per heavy atom. The topological polar surface area (TPSA) is 94.8 Å². The molecule has 0 heterocycles. The second-order valence-corrected chi connectivity index (χ2v) is 2.67. The molecule has 0 aliphatic carbocycles. The molecular formula is H3AsO5V. The molecule has 0 aliphatic heterocycles. The normalized spacial score (nSPS) is 8.86. The molecule has 0 radical (unpaired) electrons. The second-order valence-electron chi connectivity index (χ2n) is 0.513. The maximum atomic E-state index is 8.94. The molecule has 0 rings (SSSR count). The Morgan fingerprint density at radius 2 is 1.14 bits per heavy atom. The molecule has 0 spiro atoms. The fraction of sp³-hybridized carbons (Fsp3) is 0. The van der Waals surface area contributed by atoms with E-state index in [2.05, 4.69) is 0 Å². The van der Waals surface area contributed by atoms with Crippen molar-refractivity contribution in [3.8, 4) is 0 Å². The molecule has 0 fully saturated rings. The number of rotatable bonds is 0. The number of hydrogen-bond donors (Lipinski definition) is 3. The van der Waals surface area contributed by atoms with Crippen molar-refractivity contribution >= 4 is 14.5 Å². The van der Waals surface area contributed by atoms with Crippen molar-refractivity contribution in [2.45, 2.75) is 0 Å². The first kappa shape index (κ1) is 10.6. The molecule has 7 heavy (non-hydrogen) atoms. The monoisotopic (exact) mass is 209 g/mol. The summed E-state index contributed by atoms with van der Waals surface area (Å²) in [4.78, 5) is 0. The van der Waals surface area contributed by atoms with Crippen LogP contribution in [-0.4, -0.2) is 26.8 Å². The third-order valence-electron chi connectivity index (χ3n) is 0. The van der Waals surface area contributed by atoms with Gasteiger partial charge in [-0.2, -0.15) is 0 Å². The van der Waals surface area contributed by atoms with Crippen molar-refractivity contribution < 1.29 is 37.1 Å². The zero-order chi connectivity index (χ0) is 6.50. The predicted octanol–water partition coefficient (Wildman–Crippen LogP) is -2.29. The van der Waals surface area contributed by atoms with Crippen LogP contribution in [0.4, 0.5) is 0 Å². The van der Waals surface area contributed by atoms with E-state index in [1.54, 1.807) is 0 Å². The molecule has 0 aliphatic rings. The first-order valence-corrected chi connectivity index (χ1v) is 4.82. The minimum absolute atomic E-state index is 1.06. The first-order chi connectivity index (χ1) is 3.00. The Hall–Kier alpha value is 0.623. The van der Waals surface area contributed by atoms with E-state index in [0.29, 0.717) is 0 Å². The van der Waals surface area contributed by atoms with Crippen LogP contribution in [0, 0.1) is 0 Å². The Kier molecular flexibility index (Phi) is 7.21. The van der Waals surface area contributed by atoms with Crippen molar-refractivity contribution in [3.63, 3.8) is 0 Å². The van der Waals surface area contributed by atoms with E-state index < -0.39 is 14.5 Å². The van der Waals surface area contributed by atoms with Crippen molar-refractivity contribution in [1.82, 2.24) is 0 Å². The Labute approximate surface area is 51.9 Å². The predicted molar refractivity (Wildman–Crippen MR) is 13.8 cm³/mol. The molecular weight excluding hydrogens is 206 g/mol. The summed E-state index contributed by atoms with van der Waals surface area (Å²) < 4.78 is 38.9. The van der Waals surface area contributed by atoms with Gasteiger partial charge in [0.1, 0.15) is 0 Å². The summed E-state index contributed by atoms with van der Waals surface area (Å²) in [7, 11) is 0. The molecule has 0 aromatic rings. The standard InChI is InChI=1S/AsH3O4.O.V/c2-1(3,4)5;;/h(H3,2,3,4,5);;. The van der Waals surface area contributed by atoms with Gasteiger partial charge in [-0.1, -0.05) is 0 Å². The van der Waals surface area contributed by atoms with Crippen LogP contribution in [0.5, 0.6) is 0 Å². The molecule has 0 saturated carbocycles. The van der Waals surface area contributed by atoms with Crippen LogP contribution in [0.15, 0.2) is 0 Å². The van der Waals surface area contributed by atoms with Gasteiger partial charge in [0, 0.05) is 0 Å². The van der Waals surface area contributed by atoms with Gasteiger partial charge in [0.2, 0.25) is 0 Å². The van der Waals surface area contributed by atoms with Crippen molar-refractivity contribution in [2.75, 3.05) is 0 Å². The van der Waals surface area contributed by atoms with Gasteiger partial charge >= 0.3 is 51.6 Å². The molecule has 5 nitrogen and oxygen atoms in total. The summed E-state index contributed by atoms with van der Waals surface area (Å²) in [6.45, 7) is 0. The molecule has 0 bridgehead atoms. The first-order valence-electron chi connectivity index (χ1n) is 0.965. The second kappa shape index (κ2) is 4.77. The molecule has 0 saturated heterocycles. The summed E-state index contributed by atoms with van der Waals surface area (Å²) in [6, 6.07) is 0. The molecule has 0 amide bonds. The molecule has 3 N–H and O–H groups in total. The molecule has 0 aromatic heterocycles. The number of hydrogen-bond acceptors (Lipinski definition) is 2. The quantitative estimate of drug-likeness (QED) is 0.390. The van der Waals surface area contributed by atoms with E-state index in [-0.39, 0.29) is 0 Å². The van der Waals surface area contributed by atoms with Crippen LogP contribution in [0.25, 0.3) is 0 Å². The van der Waals surface area contributed by atoms with Gasteiger partial charge in [-0.05, 0) is 0 Å². The molecule has 43 valence electrons. The molecule has 0 unspecified atom stereocenters. The van der Waals surface area contributed by atoms with E-state index in [1.165, 1.54) is 0 Å². The maximum absolute atomic E-state index is 8.94. The Bertz CT molecular complexity index is 63.9. The molecule has 7 heteroatoms. The van der Waals surface area contributed by atoms with Crippen molar-refractivity contribution in [2.24, 2.45) is 0 Å². The van der Waals surface area contributed by atoms with Crippen LogP contribution in [-0.2, 0) is 24.8 Å². The Morgan fingerprint density at radius 3 is 1.14 bits per heavy atom. The Balaban J connectivity index is 0. The summed E-state index contributed by atoms with van der Waals surface area (Å²) in [5.74, 6) is 0. The van der Waals surface area contributed by atoms with E-state index in [9.17, 15) is 0 Å².